The molecule has 5 nitrogen and oxygen atoms in total. The van der Waals surface area contributed by atoms with Gasteiger partial charge in [0.1, 0.15) is 5.82 Å². The lowest BCUT2D eigenvalue weighted by atomic mass is 10.1. The van der Waals surface area contributed by atoms with Gasteiger partial charge in [-0.15, -0.1) is 0 Å². The fourth-order valence-corrected chi connectivity index (χ4v) is 2.63. The average Bonchev–Trinajstić information content (AvgIpc) is 2.82. The molecule has 2 aromatic rings. The normalized spacial score (nSPS) is 18.8. The number of nitrogens with zero attached hydrogens (tertiary/aromatic N) is 4. The molecule has 1 unspecified atom stereocenters. The second kappa shape index (κ2) is 6.75. The van der Waals surface area contributed by atoms with Crippen LogP contribution >= 0.6 is 0 Å². The van der Waals surface area contributed by atoms with E-state index in [2.05, 4.69) is 39.1 Å². The minimum Gasteiger partial charge on any atom is -0.372 e. The highest BCUT2D eigenvalue weighted by Gasteiger charge is 2.21. The standard InChI is InChI=1S/C17H22N4O/c1-20(2)17-18-10-9-16(19-17)21-11-6-12-22-15(13-21)14-7-4-3-5-8-14/h3-5,7-10,15H,6,11-13H2,1-2H3. The summed E-state index contributed by atoms with van der Waals surface area (Å²) in [5, 5.41) is 0. The Bertz CT molecular complexity index is 603. The first-order valence-electron chi connectivity index (χ1n) is 7.66. The van der Waals surface area contributed by atoms with E-state index in [4.69, 9.17) is 4.74 Å². The van der Waals surface area contributed by atoms with Crippen LogP contribution in [0.2, 0.25) is 0 Å². The lowest BCUT2D eigenvalue weighted by Crippen LogP contribution is -2.29. The summed E-state index contributed by atoms with van der Waals surface area (Å²) in [5.74, 6) is 1.70. The van der Waals surface area contributed by atoms with Crippen LogP contribution in [0, 0.1) is 0 Å². The van der Waals surface area contributed by atoms with Crippen LogP contribution in [0.25, 0.3) is 0 Å². The first-order valence-corrected chi connectivity index (χ1v) is 7.66. The molecule has 5 heteroatoms. The van der Waals surface area contributed by atoms with Crippen LogP contribution in [-0.2, 0) is 4.74 Å². The van der Waals surface area contributed by atoms with Crippen LogP contribution in [0.4, 0.5) is 11.8 Å². The molecule has 0 saturated carbocycles. The van der Waals surface area contributed by atoms with Crippen molar-refractivity contribution < 1.29 is 4.74 Å². The summed E-state index contributed by atoms with van der Waals surface area (Å²) >= 11 is 0. The van der Waals surface area contributed by atoms with Crippen molar-refractivity contribution in [2.24, 2.45) is 0 Å². The fourth-order valence-electron chi connectivity index (χ4n) is 2.63. The van der Waals surface area contributed by atoms with Crippen molar-refractivity contribution in [3.05, 3.63) is 48.2 Å². The summed E-state index contributed by atoms with van der Waals surface area (Å²) < 4.78 is 6.02. The maximum absolute atomic E-state index is 6.02. The van der Waals surface area contributed by atoms with Gasteiger partial charge in [0.05, 0.1) is 6.10 Å². The highest BCUT2D eigenvalue weighted by atomic mass is 16.5. The zero-order chi connectivity index (χ0) is 15.4. The van der Waals surface area contributed by atoms with Gasteiger partial charge in [-0.1, -0.05) is 30.3 Å². The number of benzene rings is 1. The van der Waals surface area contributed by atoms with Crippen LogP contribution in [0.3, 0.4) is 0 Å². The van der Waals surface area contributed by atoms with Crippen molar-refractivity contribution in [2.75, 3.05) is 43.6 Å². The van der Waals surface area contributed by atoms with Gasteiger partial charge in [-0.25, -0.2) is 4.98 Å². The van der Waals surface area contributed by atoms with Gasteiger partial charge in [0.2, 0.25) is 5.95 Å². The predicted octanol–water partition coefficient (Wildman–Crippen LogP) is 2.51. The molecule has 1 aromatic heterocycles. The molecular formula is C17H22N4O. The SMILES string of the molecule is CN(C)c1nccc(N2CCCOC(c3ccccc3)C2)n1. The average molecular weight is 298 g/mol. The van der Waals surface area contributed by atoms with Crippen molar-refractivity contribution in [2.45, 2.75) is 12.5 Å². The highest BCUT2D eigenvalue weighted by Crippen LogP contribution is 2.25. The molecule has 0 N–H and O–H groups in total. The van der Waals surface area contributed by atoms with Gasteiger partial charge in [0.25, 0.3) is 0 Å². The summed E-state index contributed by atoms with van der Waals surface area (Å²) in [6.07, 6.45) is 2.91. The lowest BCUT2D eigenvalue weighted by molar-refractivity contribution is 0.0686. The first kappa shape index (κ1) is 14.8. The molecule has 0 amide bonds. The maximum atomic E-state index is 6.02. The van der Waals surface area contributed by atoms with Gasteiger partial charge >= 0.3 is 0 Å². The molecule has 1 aromatic carbocycles. The van der Waals surface area contributed by atoms with E-state index in [1.807, 2.05) is 37.3 Å². The second-order valence-electron chi connectivity index (χ2n) is 5.68. The van der Waals surface area contributed by atoms with E-state index >= 15 is 0 Å². The smallest absolute Gasteiger partial charge is 0.226 e. The van der Waals surface area contributed by atoms with E-state index in [0.717, 1.165) is 37.9 Å². The van der Waals surface area contributed by atoms with Gasteiger partial charge in [0, 0.05) is 40.0 Å². The zero-order valence-electron chi connectivity index (χ0n) is 13.1. The highest BCUT2D eigenvalue weighted by molar-refractivity contribution is 5.43. The number of anilines is 2. The monoisotopic (exact) mass is 298 g/mol. The van der Waals surface area contributed by atoms with E-state index < -0.39 is 0 Å². The third-order valence-electron chi connectivity index (χ3n) is 3.80. The largest absolute Gasteiger partial charge is 0.372 e. The Morgan fingerprint density at radius 3 is 2.77 bits per heavy atom. The topological polar surface area (TPSA) is 41.5 Å². The van der Waals surface area contributed by atoms with E-state index in [9.17, 15) is 0 Å². The van der Waals surface area contributed by atoms with Crippen molar-refractivity contribution >= 4 is 11.8 Å². The van der Waals surface area contributed by atoms with Crippen molar-refractivity contribution in [1.82, 2.24) is 9.97 Å². The van der Waals surface area contributed by atoms with Crippen LogP contribution in [-0.4, -0.2) is 43.8 Å². The fraction of sp³-hybridized carbons (Fsp3) is 0.412. The van der Waals surface area contributed by atoms with Crippen LogP contribution in [0.5, 0.6) is 0 Å². The molecule has 3 rings (SSSR count). The number of rotatable bonds is 3. The number of aromatic nitrogens is 2. The molecule has 1 saturated heterocycles. The van der Waals surface area contributed by atoms with Crippen molar-refractivity contribution in [1.29, 1.82) is 0 Å². The van der Waals surface area contributed by atoms with Gasteiger partial charge in [0.15, 0.2) is 0 Å². The molecular weight excluding hydrogens is 276 g/mol. The second-order valence-corrected chi connectivity index (χ2v) is 5.68. The summed E-state index contributed by atoms with van der Waals surface area (Å²) in [4.78, 5) is 13.2. The van der Waals surface area contributed by atoms with E-state index in [0.29, 0.717) is 0 Å². The Balaban J connectivity index is 1.82. The molecule has 0 bridgehead atoms. The van der Waals surface area contributed by atoms with Crippen molar-refractivity contribution in [3.8, 4) is 0 Å². The third-order valence-corrected chi connectivity index (χ3v) is 3.80. The Morgan fingerprint density at radius 1 is 1.18 bits per heavy atom. The van der Waals surface area contributed by atoms with Crippen LogP contribution < -0.4 is 9.80 Å². The Hall–Kier alpha value is -2.14. The number of ether oxygens (including phenoxy) is 1. The van der Waals surface area contributed by atoms with Crippen molar-refractivity contribution in [3.63, 3.8) is 0 Å². The number of hydrogen-bond donors (Lipinski definition) is 0. The Kier molecular flexibility index (Phi) is 4.53. The minimum atomic E-state index is 0.0847. The summed E-state index contributed by atoms with van der Waals surface area (Å²) in [5.41, 5.74) is 1.22. The van der Waals surface area contributed by atoms with E-state index in [1.165, 1.54) is 5.56 Å². The summed E-state index contributed by atoms with van der Waals surface area (Å²) in [7, 11) is 3.91. The molecule has 116 valence electrons. The van der Waals surface area contributed by atoms with Gasteiger partial charge in [-0.05, 0) is 18.1 Å². The summed E-state index contributed by atoms with van der Waals surface area (Å²) in [6, 6.07) is 12.4. The van der Waals surface area contributed by atoms with Gasteiger partial charge in [-0.3, -0.25) is 0 Å². The number of hydrogen-bond acceptors (Lipinski definition) is 5. The molecule has 1 aliphatic rings. The van der Waals surface area contributed by atoms with Gasteiger partial charge < -0.3 is 14.5 Å². The Labute approximate surface area is 131 Å². The predicted molar refractivity (Wildman–Crippen MR) is 88.3 cm³/mol. The van der Waals surface area contributed by atoms with E-state index in [-0.39, 0.29) is 6.10 Å². The van der Waals surface area contributed by atoms with Gasteiger partial charge in [-0.2, -0.15) is 4.98 Å². The minimum absolute atomic E-state index is 0.0847. The summed E-state index contributed by atoms with van der Waals surface area (Å²) in [6.45, 7) is 2.54. The maximum Gasteiger partial charge on any atom is 0.226 e. The molecule has 0 spiro atoms. The first-order chi connectivity index (χ1) is 10.7. The molecule has 0 radical (unpaired) electrons. The molecule has 1 atom stereocenters. The Morgan fingerprint density at radius 2 is 2.00 bits per heavy atom. The molecule has 1 aliphatic heterocycles. The zero-order valence-corrected chi connectivity index (χ0v) is 13.1. The molecule has 2 heterocycles. The third kappa shape index (κ3) is 3.36. The molecule has 1 fully saturated rings. The van der Waals surface area contributed by atoms with Crippen LogP contribution in [0.1, 0.15) is 18.1 Å². The lowest BCUT2D eigenvalue weighted by Gasteiger charge is -2.25. The van der Waals surface area contributed by atoms with Crippen LogP contribution in [0.15, 0.2) is 42.6 Å². The van der Waals surface area contributed by atoms with E-state index in [1.54, 1.807) is 0 Å². The quantitative estimate of drug-likeness (QED) is 0.871. The molecule has 22 heavy (non-hydrogen) atoms. The molecule has 0 aliphatic carbocycles.